The van der Waals surface area contributed by atoms with Crippen molar-refractivity contribution in [3.63, 3.8) is 0 Å². The number of alkyl halides is 1. The number of nitrogens with zero attached hydrogens (tertiary/aromatic N) is 1. The number of ether oxygens (including phenoxy) is 2. The van der Waals surface area contributed by atoms with Crippen LogP contribution < -0.4 is 4.74 Å². The molecule has 1 aliphatic carbocycles. The number of methoxy groups -OCH3 is 1. The van der Waals surface area contributed by atoms with Crippen molar-refractivity contribution >= 4 is 5.97 Å². The first kappa shape index (κ1) is 22.8. The molecule has 4 rings (SSSR count). The van der Waals surface area contributed by atoms with Gasteiger partial charge in [-0.15, -0.1) is 0 Å². The van der Waals surface area contributed by atoms with Gasteiger partial charge in [-0.1, -0.05) is 43.5 Å². The van der Waals surface area contributed by atoms with Crippen LogP contribution in [-0.4, -0.2) is 49.9 Å². The van der Waals surface area contributed by atoms with Gasteiger partial charge in [0.2, 0.25) is 0 Å². The van der Waals surface area contributed by atoms with Gasteiger partial charge in [-0.3, -0.25) is 0 Å². The Morgan fingerprint density at radius 1 is 0.969 bits per heavy atom. The zero-order valence-corrected chi connectivity index (χ0v) is 19.0. The zero-order valence-electron chi connectivity index (χ0n) is 19.0. The van der Waals surface area contributed by atoms with Crippen molar-refractivity contribution in [2.45, 2.75) is 50.6 Å². The van der Waals surface area contributed by atoms with E-state index in [2.05, 4.69) is 4.90 Å². The summed E-state index contributed by atoms with van der Waals surface area (Å²) in [6.45, 7) is 3.27. The van der Waals surface area contributed by atoms with Crippen LogP contribution in [0.3, 0.4) is 0 Å². The number of benzene rings is 2. The Balaban J connectivity index is 1.22. The van der Waals surface area contributed by atoms with E-state index in [4.69, 9.17) is 9.47 Å². The van der Waals surface area contributed by atoms with Crippen molar-refractivity contribution in [2.24, 2.45) is 5.92 Å². The molecule has 32 heavy (non-hydrogen) atoms. The summed E-state index contributed by atoms with van der Waals surface area (Å²) in [5.74, 6) is 1.07. The van der Waals surface area contributed by atoms with Crippen molar-refractivity contribution in [3.8, 4) is 16.9 Å². The molecule has 1 saturated carbocycles. The van der Waals surface area contributed by atoms with E-state index in [1.807, 2.05) is 36.4 Å². The SMILES string of the molecule is COC(=O)c1ccc(-c2ccc(OCC3CCN(CC4(F)CCCCC4)CC3)cc2)cc1. The molecule has 1 aliphatic heterocycles. The molecule has 2 aliphatic rings. The monoisotopic (exact) mass is 439 g/mol. The van der Waals surface area contributed by atoms with E-state index in [1.54, 1.807) is 12.1 Å². The topological polar surface area (TPSA) is 38.8 Å². The number of likely N-dealkylation sites (tertiary alicyclic amines) is 1. The Bertz CT molecular complexity index is 867. The van der Waals surface area contributed by atoms with E-state index in [-0.39, 0.29) is 5.97 Å². The van der Waals surface area contributed by atoms with Crippen molar-refractivity contribution in [1.82, 2.24) is 4.90 Å². The molecular weight excluding hydrogens is 405 g/mol. The van der Waals surface area contributed by atoms with Crippen molar-refractivity contribution < 1.29 is 18.7 Å². The molecule has 2 fully saturated rings. The molecule has 2 aromatic rings. The van der Waals surface area contributed by atoms with Gasteiger partial charge in [0.05, 0.1) is 19.3 Å². The van der Waals surface area contributed by atoms with Crippen molar-refractivity contribution in [2.75, 3.05) is 33.4 Å². The lowest BCUT2D eigenvalue weighted by molar-refractivity contribution is 0.0363. The highest BCUT2D eigenvalue weighted by atomic mass is 19.1. The lowest BCUT2D eigenvalue weighted by Gasteiger charge is -2.38. The molecule has 0 unspecified atom stereocenters. The minimum atomic E-state index is -0.955. The number of esters is 1. The average molecular weight is 440 g/mol. The molecule has 0 atom stereocenters. The fraction of sp³-hybridized carbons (Fsp3) is 0.519. The number of carbonyl (C=O) groups is 1. The maximum absolute atomic E-state index is 15.0. The second-order valence-corrected chi connectivity index (χ2v) is 9.34. The molecule has 5 heteroatoms. The van der Waals surface area contributed by atoms with E-state index < -0.39 is 5.67 Å². The Morgan fingerprint density at radius 2 is 1.56 bits per heavy atom. The minimum Gasteiger partial charge on any atom is -0.493 e. The highest BCUT2D eigenvalue weighted by molar-refractivity contribution is 5.89. The first-order valence-corrected chi connectivity index (χ1v) is 11.9. The smallest absolute Gasteiger partial charge is 0.337 e. The van der Waals surface area contributed by atoms with Crippen LogP contribution in [0, 0.1) is 5.92 Å². The van der Waals surface area contributed by atoms with Crippen LogP contribution in [0.2, 0.25) is 0 Å². The molecule has 0 radical (unpaired) electrons. The Labute approximate surface area is 190 Å². The van der Waals surface area contributed by atoms with E-state index in [1.165, 1.54) is 13.5 Å². The van der Waals surface area contributed by atoms with E-state index >= 15 is 0 Å². The van der Waals surface area contributed by atoms with Gasteiger partial charge in [0.1, 0.15) is 11.4 Å². The maximum atomic E-state index is 15.0. The van der Waals surface area contributed by atoms with Gasteiger partial charge in [0, 0.05) is 6.54 Å². The van der Waals surface area contributed by atoms with Crippen LogP contribution >= 0.6 is 0 Å². The molecule has 1 heterocycles. The third kappa shape index (κ3) is 5.89. The number of piperidine rings is 1. The number of rotatable bonds is 7. The molecule has 0 aromatic heterocycles. The highest BCUT2D eigenvalue weighted by Crippen LogP contribution is 2.33. The van der Waals surface area contributed by atoms with Gasteiger partial charge < -0.3 is 14.4 Å². The first-order chi connectivity index (χ1) is 15.5. The van der Waals surface area contributed by atoms with E-state index in [0.29, 0.717) is 24.6 Å². The van der Waals surface area contributed by atoms with Crippen LogP contribution in [-0.2, 0) is 4.74 Å². The van der Waals surface area contributed by atoms with Crippen molar-refractivity contribution in [1.29, 1.82) is 0 Å². The Morgan fingerprint density at radius 3 is 2.16 bits per heavy atom. The van der Waals surface area contributed by atoms with E-state index in [0.717, 1.165) is 68.5 Å². The summed E-state index contributed by atoms with van der Waals surface area (Å²) in [5, 5.41) is 0. The summed E-state index contributed by atoms with van der Waals surface area (Å²) in [5.41, 5.74) is 1.70. The summed E-state index contributed by atoms with van der Waals surface area (Å²) >= 11 is 0. The van der Waals surface area contributed by atoms with Crippen molar-refractivity contribution in [3.05, 3.63) is 54.1 Å². The Hall–Kier alpha value is -2.40. The number of carbonyl (C=O) groups excluding carboxylic acids is 1. The molecule has 0 spiro atoms. The standard InChI is InChI=1S/C27H34FNO3/c1-31-26(30)24-7-5-22(6-8-24)23-9-11-25(12-10-23)32-19-21-13-17-29(18-14-21)20-27(28)15-3-2-4-16-27/h5-12,21H,2-4,13-20H2,1H3. The van der Waals surface area contributed by atoms with Gasteiger partial charge in [-0.25, -0.2) is 9.18 Å². The van der Waals surface area contributed by atoms with Gasteiger partial charge >= 0.3 is 5.97 Å². The fourth-order valence-electron chi connectivity index (χ4n) is 4.93. The number of hydrogen-bond donors (Lipinski definition) is 0. The van der Waals surface area contributed by atoms with Crippen LogP contribution in [0.4, 0.5) is 4.39 Å². The molecule has 1 saturated heterocycles. The molecule has 172 valence electrons. The highest BCUT2D eigenvalue weighted by Gasteiger charge is 2.34. The number of hydrogen-bond acceptors (Lipinski definition) is 4. The third-order valence-corrected chi connectivity index (χ3v) is 6.94. The molecule has 2 aromatic carbocycles. The quantitative estimate of drug-likeness (QED) is 0.503. The first-order valence-electron chi connectivity index (χ1n) is 11.9. The molecule has 4 nitrogen and oxygen atoms in total. The summed E-state index contributed by atoms with van der Waals surface area (Å²) < 4.78 is 25.8. The van der Waals surface area contributed by atoms with Crippen LogP contribution in [0.25, 0.3) is 11.1 Å². The predicted molar refractivity (Wildman–Crippen MR) is 125 cm³/mol. The normalized spacial score (nSPS) is 19.4. The fourth-order valence-corrected chi connectivity index (χ4v) is 4.93. The average Bonchev–Trinajstić information content (AvgIpc) is 2.84. The van der Waals surface area contributed by atoms with Crippen LogP contribution in [0.5, 0.6) is 5.75 Å². The second-order valence-electron chi connectivity index (χ2n) is 9.34. The van der Waals surface area contributed by atoms with Crippen LogP contribution in [0.1, 0.15) is 55.3 Å². The Kier molecular flexibility index (Phi) is 7.46. The lowest BCUT2D eigenvalue weighted by Crippen LogP contribution is -2.45. The molecule has 0 bridgehead atoms. The minimum absolute atomic E-state index is 0.329. The number of halogens is 1. The molecule has 0 amide bonds. The molecule has 0 N–H and O–H groups in total. The lowest BCUT2D eigenvalue weighted by atomic mass is 9.85. The predicted octanol–water partition coefficient (Wildman–Crippen LogP) is 5.90. The van der Waals surface area contributed by atoms with Gasteiger partial charge in [-0.05, 0) is 80.1 Å². The zero-order chi connectivity index (χ0) is 22.4. The largest absolute Gasteiger partial charge is 0.493 e. The van der Waals surface area contributed by atoms with Gasteiger partial charge in [-0.2, -0.15) is 0 Å². The summed E-state index contributed by atoms with van der Waals surface area (Å²) in [7, 11) is 1.38. The molecular formula is C27H34FNO3. The summed E-state index contributed by atoms with van der Waals surface area (Å²) in [6, 6.07) is 15.5. The van der Waals surface area contributed by atoms with Gasteiger partial charge in [0.15, 0.2) is 0 Å². The van der Waals surface area contributed by atoms with Crippen LogP contribution in [0.15, 0.2) is 48.5 Å². The second kappa shape index (κ2) is 10.5. The van der Waals surface area contributed by atoms with Gasteiger partial charge in [0.25, 0.3) is 0 Å². The summed E-state index contributed by atoms with van der Waals surface area (Å²) in [6.07, 6.45) is 6.88. The summed E-state index contributed by atoms with van der Waals surface area (Å²) in [4.78, 5) is 13.9. The van der Waals surface area contributed by atoms with E-state index in [9.17, 15) is 9.18 Å². The maximum Gasteiger partial charge on any atom is 0.337 e. The third-order valence-electron chi connectivity index (χ3n) is 6.94.